The molecule has 3 heteroatoms. The highest BCUT2D eigenvalue weighted by molar-refractivity contribution is 4.58. The first kappa shape index (κ1) is 14.9. The minimum atomic E-state index is 0.862. The van der Waals surface area contributed by atoms with Crippen molar-refractivity contribution in [1.29, 1.82) is 0 Å². The van der Waals surface area contributed by atoms with Crippen LogP contribution in [-0.2, 0) is 4.74 Å². The molecular weight excluding hydrogens is 188 g/mol. The Morgan fingerprint density at radius 1 is 1.00 bits per heavy atom. The lowest BCUT2D eigenvalue weighted by Gasteiger charge is -2.20. The first-order chi connectivity index (χ1) is 7.35. The molecule has 0 rings (SSSR count). The van der Waals surface area contributed by atoms with Crippen LogP contribution in [0.2, 0.25) is 0 Å². The van der Waals surface area contributed by atoms with Crippen molar-refractivity contribution in [2.24, 2.45) is 0 Å². The fraction of sp³-hybridized carbons (Fsp3) is 1.00. The molecule has 0 bridgehead atoms. The van der Waals surface area contributed by atoms with Gasteiger partial charge in [-0.05, 0) is 38.9 Å². The van der Waals surface area contributed by atoms with Crippen molar-refractivity contribution in [3.63, 3.8) is 0 Å². The first-order valence-corrected chi connectivity index (χ1v) is 6.27. The Kier molecular flexibility index (Phi) is 11.9. The fourth-order valence-electron chi connectivity index (χ4n) is 1.67. The number of methoxy groups -OCH3 is 1. The van der Waals surface area contributed by atoms with Crippen LogP contribution in [-0.4, -0.2) is 51.3 Å². The molecular formula is C12H28N2O. The number of nitrogens with zero attached hydrogens (tertiary/aromatic N) is 1. The van der Waals surface area contributed by atoms with Gasteiger partial charge in [0, 0.05) is 26.8 Å². The lowest BCUT2D eigenvalue weighted by Crippen LogP contribution is -2.33. The van der Waals surface area contributed by atoms with E-state index in [2.05, 4.69) is 24.1 Å². The normalized spacial score (nSPS) is 11.2. The minimum Gasteiger partial charge on any atom is -0.385 e. The Labute approximate surface area is 95.2 Å². The molecule has 0 saturated carbocycles. The predicted octanol–water partition coefficient (Wildman–Crippen LogP) is 1.73. The molecule has 0 aliphatic carbocycles. The van der Waals surface area contributed by atoms with Gasteiger partial charge in [-0.3, -0.25) is 0 Å². The van der Waals surface area contributed by atoms with Crippen LogP contribution in [0.25, 0.3) is 0 Å². The highest BCUT2D eigenvalue weighted by Crippen LogP contribution is 1.92. The van der Waals surface area contributed by atoms with E-state index in [-0.39, 0.29) is 0 Å². The van der Waals surface area contributed by atoms with Crippen LogP contribution in [0.5, 0.6) is 0 Å². The summed E-state index contributed by atoms with van der Waals surface area (Å²) in [5.74, 6) is 0. The summed E-state index contributed by atoms with van der Waals surface area (Å²) in [4.78, 5) is 2.53. The Bertz CT molecular complexity index is 114. The molecule has 0 aromatic carbocycles. The molecule has 0 unspecified atom stereocenters. The maximum atomic E-state index is 5.00. The van der Waals surface area contributed by atoms with E-state index in [9.17, 15) is 0 Å². The van der Waals surface area contributed by atoms with Gasteiger partial charge in [0.15, 0.2) is 0 Å². The zero-order valence-electron chi connectivity index (χ0n) is 10.7. The molecule has 3 nitrogen and oxygen atoms in total. The summed E-state index contributed by atoms with van der Waals surface area (Å²) in [5, 5.41) is 3.45. The molecule has 15 heavy (non-hydrogen) atoms. The summed E-state index contributed by atoms with van der Waals surface area (Å²) in [6.45, 7) is 11.2. The Balaban J connectivity index is 3.28. The third-order valence-corrected chi connectivity index (χ3v) is 2.39. The molecule has 92 valence electrons. The molecule has 0 atom stereocenters. The fourth-order valence-corrected chi connectivity index (χ4v) is 1.67. The average molecular weight is 216 g/mol. The van der Waals surface area contributed by atoms with E-state index < -0.39 is 0 Å². The Morgan fingerprint density at radius 2 is 1.67 bits per heavy atom. The van der Waals surface area contributed by atoms with Crippen molar-refractivity contribution in [2.75, 3.05) is 46.4 Å². The molecule has 0 aromatic rings. The van der Waals surface area contributed by atoms with Crippen molar-refractivity contribution < 1.29 is 4.74 Å². The molecule has 0 aliphatic rings. The zero-order valence-corrected chi connectivity index (χ0v) is 10.7. The molecule has 0 saturated heterocycles. The van der Waals surface area contributed by atoms with Crippen molar-refractivity contribution in [2.45, 2.75) is 33.1 Å². The first-order valence-electron chi connectivity index (χ1n) is 6.27. The topological polar surface area (TPSA) is 24.5 Å². The number of nitrogens with one attached hydrogen (secondary N) is 1. The van der Waals surface area contributed by atoms with Gasteiger partial charge in [-0.15, -0.1) is 0 Å². The van der Waals surface area contributed by atoms with Crippen LogP contribution in [0.3, 0.4) is 0 Å². The third-order valence-electron chi connectivity index (χ3n) is 2.39. The lowest BCUT2D eigenvalue weighted by atomic mass is 10.3. The van der Waals surface area contributed by atoms with E-state index in [4.69, 9.17) is 4.74 Å². The van der Waals surface area contributed by atoms with Crippen LogP contribution in [0.15, 0.2) is 0 Å². The van der Waals surface area contributed by atoms with Gasteiger partial charge in [0.1, 0.15) is 0 Å². The molecule has 1 N–H and O–H groups in total. The van der Waals surface area contributed by atoms with E-state index in [1.54, 1.807) is 7.11 Å². The maximum absolute atomic E-state index is 5.00. The van der Waals surface area contributed by atoms with Gasteiger partial charge >= 0.3 is 0 Å². The molecule has 0 heterocycles. The second-order valence-corrected chi connectivity index (χ2v) is 3.94. The van der Waals surface area contributed by atoms with Crippen LogP contribution < -0.4 is 5.32 Å². The van der Waals surface area contributed by atoms with Crippen molar-refractivity contribution >= 4 is 0 Å². The van der Waals surface area contributed by atoms with Crippen LogP contribution in [0, 0.1) is 0 Å². The standard InChI is InChI=1S/C12H28N2O/c1-4-9-14(10-5-2)11-8-13-7-6-12-15-3/h13H,4-12H2,1-3H3. The summed E-state index contributed by atoms with van der Waals surface area (Å²) in [6.07, 6.45) is 3.62. The third kappa shape index (κ3) is 10.2. The maximum Gasteiger partial charge on any atom is 0.0474 e. The van der Waals surface area contributed by atoms with E-state index in [1.807, 2.05) is 0 Å². The largest absolute Gasteiger partial charge is 0.385 e. The quantitative estimate of drug-likeness (QED) is 0.532. The van der Waals surface area contributed by atoms with E-state index in [0.717, 1.165) is 26.1 Å². The number of hydrogen-bond donors (Lipinski definition) is 1. The molecule has 0 aliphatic heterocycles. The van der Waals surface area contributed by atoms with Gasteiger partial charge in [-0.2, -0.15) is 0 Å². The average Bonchev–Trinajstić information content (AvgIpc) is 2.24. The summed E-state index contributed by atoms with van der Waals surface area (Å²) in [7, 11) is 1.75. The van der Waals surface area contributed by atoms with Gasteiger partial charge in [0.25, 0.3) is 0 Å². The van der Waals surface area contributed by atoms with Crippen LogP contribution in [0.4, 0.5) is 0 Å². The second kappa shape index (κ2) is 12.0. The lowest BCUT2D eigenvalue weighted by molar-refractivity contribution is 0.193. The number of ether oxygens (including phenoxy) is 1. The second-order valence-electron chi connectivity index (χ2n) is 3.94. The zero-order chi connectivity index (χ0) is 11.4. The van der Waals surface area contributed by atoms with Crippen molar-refractivity contribution in [3.8, 4) is 0 Å². The van der Waals surface area contributed by atoms with Crippen molar-refractivity contribution in [1.82, 2.24) is 10.2 Å². The van der Waals surface area contributed by atoms with E-state index in [1.165, 1.54) is 32.5 Å². The SMILES string of the molecule is CCCN(CCC)CCNCCCOC. The van der Waals surface area contributed by atoms with E-state index in [0.29, 0.717) is 0 Å². The number of rotatable bonds is 11. The highest BCUT2D eigenvalue weighted by atomic mass is 16.5. The summed E-state index contributed by atoms with van der Waals surface area (Å²) in [6, 6.07) is 0. The Hall–Kier alpha value is -0.120. The predicted molar refractivity (Wildman–Crippen MR) is 66.4 cm³/mol. The molecule has 0 fully saturated rings. The monoisotopic (exact) mass is 216 g/mol. The highest BCUT2D eigenvalue weighted by Gasteiger charge is 2.00. The minimum absolute atomic E-state index is 0.862. The van der Waals surface area contributed by atoms with Crippen LogP contribution >= 0.6 is 0 Å². The smallest absolute Gasteiger partial charge is 0.0474 e. The molecule has 0 amide bonds. The Morgan fingerprint density at radius 3 is 2.20 bits per heavy atom. The molecule has 0 spiro atoms. The summed E-state index contributed by atoms with van der Waals surface area (Å²) in [5.41, 5.74) is 0. The van der Waals surface area contributed by atoms with Gasteiger partial charge in [-0.25, -0.2) is 0 Å². The molecule has 0 radical (unpaired) electrons. The van der Waals surface area contributed by atoms with E-state index >= 15 is 0 Å². The summed E-state index contributed by atoms with van der Waals surface area (Å²) >= 11 is 0. The van der Waals surface area contributed by atoms with Crippen molar-refractivity contribution in [3.05, 3.63) is 0 Å². The van der Waals surface area contributed by atoms with Gasteiger partial charge in [0.2, 0.25) is 0 Å². The molecule has 0 aromatic heterocycles. The number of hydrogen-bond acceptors (Lipinski definition) is 3. The summed E-state index contributed by atoms with van der Waals surface area (Å²) < 4.78 is 5.00. The van der Waals surface area contributed by atoms with Gasteiger partial charge in [0.05, 0.1) is 0 Å². The van der Waals surface area contributed by atoms with Crippen LogP contribution in [0.1, 0.15) is 33.1 Å². The van der Waals surface area contributed by atoms with Gasteiger partial charge < -0.3 is 15.0 Å². The van der Waals surface area contributed by atoms with Gasteiger partial charge in [-0.1, -0.05) is 13.8 Å².